The van der Waals surface area contributed by atoms with E-state index < -0.39 is 0 Å². The Morgan fingerprint density at radius 2 is 1.87 bits per heavy atom. The third-order valence-electron chi connectivity index (χ3n) is 4.94. The number of aromatic nitrogens is 4. The fraction of sp³-hybridized carbons (Fsp3) is 0.333. The van der Waals surface area contributed by atoms with Gasteiger partial charge in [-0.1, -0.05) is 12.1 Å². The molecule has 0 saturated carbocycles. The first-order chi connectivity index (χ1) is 14.5. The Kier molecular flexibility index (Phi) is 5.62. The molecule has 2 aromatic heterocycles. The van der Waals surface area contributed by atoms with E-state index >= 15 is 0 Å². The van der Waals surface area contributed by atoms with Crippen LogP contribution in [0.3, 0.4) is 0 Å². The maximum absolute atomic E-state index is 11.4. The van der Waals surface area contributed by atoms with Crippen LogP contribution in [-0.2, 0) is 4.79 Å². The van der Waals surface area contributed by atoms with Gasteiger partial charge >= 0.3 is 0 Å². The van der Waals surface area contributed by atoms with E-state index in [2.05, 4.69) is 37.7 Å². The lowest BCUT2D eigenvalue weighted by molar-refractivity contribution is -0.114. The summed E-state index contributed by atoms with van der Waals surface area (Å²) in [6, 6.07) is 11.4. The maximum atomic E-state index is 11.4. The van der Waals surface area contributed by atoms with Gasteiger partial charge < -0.3 is 20.4 Å². The first kappa shape index (κ1) is 19.8. The highest BCUT2D eigenvalue weighted by molar-refractivity contribution is 5.89. The molecule has 1 aromatic carbocycles. The second-order valence-electron chi connectivity index (χ2n) is 7.55. The van der Waals surface area contributed by atoms with E-state index in [1.54, 1.807) is 0 Å². The van der Waals surface area contributed by atoms with Crippen LogP contribution in [0.2, 0.25) is 0 Å². The number of nitrogens with one attached hydrogen (secondary N) is 3. The van der Waals surface area contributed by atoms with Gasteiger partial charge in [0.1, 0.15) is 11.6 Å². The zero-order valence-electron chi connectivity index (χ0n) is 17.4. The molecular formula is C21H26N8O. The summed E-state index contributed by atoms with van der Waals surface area (Å²) in [5.41, 5.74) is 2.51. The molecule has 3 N–H and O–H groups in total. The van der Waals surface area contributed by atoms with E-state index in [1.165, 1.54) is 6.92 Å². The first-order valence-electron chi connectivity index (χ1n) is 9.96. The van der Waals surface area contributed by atoms with Crippen LogP contribution in [0.25, 0.3) is 11.4 Å². The fourth-order valence-corrected chi connectivity index (χ4v) is 3.38. The molecule has 3 heterocycles. The number of piperazine rings is 1. The molecule has 3 aromatic rings. The van der Waals surface area contributed by atoms with Gasteiger partial charge in [-0.3, -0.25) is 9.89 Å². The smallest absolute Gasteiger partial charge is 0.221 e. The highest BCUT2D eigenvalue weighted by atomic mass is 16.1. The number of benzene rings is 1. The maximum Gasteiger partial charge on any atom is 0.221 e. The number of likely N-dealkylation sites (N-methyl/N-ethyl adjacent to an activating group) is 1. The lowest BCUT2D eigenvalue weighted by Crippen LogP contribution is -2.44. The number of nitrogens with zero attached hydrogens (tertiary/aromatic N) is 5. The van der Waals surface area contributed by atoms with Crippen LogP contribution in [0.4, 0.5) is 23.1 Å². The average molecular weight is 406 g/mol. The van der Waals surface area contributed by atoms with Crippen molar-refractivity contribution in [1.82, 2.24) is 25.1 Å². The largest absolute Gasteiger partial charge is 0.354 e. The quantitative estimate of drug-likeness (QED) is 0.599. The van der Waals surface area contributed by atoms with Crippen molar-refractivity contribution in [3.63, 3.8) is 0 Å². The first-order valence-corrected chi connectivity index (χ1v) is 9.96. The van der Waals surface area contributed by atoms with Crippen molar-refractivity contribution in [2.24, 2.45) is 0 Å². The van der Waals surface area contributed by atoms with Gasteiger partial charge in [0.2, 0.25) is 5.91 Å². The van der Waals surface area contributed by atoms with Gasteiger partial charge in [0.25, 0.3) is 0 Å². The fourth-order valence-electron chi connectivity index (χ4n) is 3.38. The van der Waals surface area contributed by atoms with Gasteiger partial charge in [-0.15, -0.1) is 0 Å². The normalized spacial score (nSPS) is 14.6. The van der Waals surface area contributed by atoms with E-state index in [-0.39, 0.29) is 5.91 Å². The molecule has 0 spiro atoms. The van der Waals surface area contributed by atoms with Gasteiger partial charge in [0, 0.05) is 62.2 Å². The molecule has 0 aliphatic carbocycles. The molecule has 0 atom stereocenters. The van der Waals surface area contributed by atoms with E-state index in [9.17, 15) is 4.79 Å². The van der Waals surface area contributed by atoms with Crippen LogP contribution in [0.1, 0.15) is 12.6 Å². The van der Waals surface area contributed by atoms with Crippen LogP contribution < -0.4 is 15.5 Å². The van der Waals surface area contributed by atoms with Gasteiger partial charge in [0.15, 0.2) is 11.6 Å². The molecule has 9 heteroatoms. The van der Waals surface area contributed by atoms with Crippen molar-refractivity contribution >= 4 is 29.0 Å². The number of aromatic amines is 1. The molecule has 1 saturated heterocycles. The Morgan fingerprint density at radius 3 is 2.57 bits per heavy atom. The van der Waals surface area contributed by atoms with Crippen molar-refractivity contribution in [1.29, 1.82) is 0 Å². The van der Waals surface area contributed by atoms with Crippen molar-refractivity contribution < 1.29 is 4.79 Å². The number of aryl methyl sites for hydroxylation is 1. The Bertz CT molecular complexity index is 1040. The summed E-state index contributed by atoms with van der Waals surface area (Å²) < 4.78 is 0. The zero-order valence-corrected chi connectivity index (χ0v) is 17.4. The Morgan fingerprint density at radius 1 is 1.07 bits per heavy atom. The molecular weight excluding hydrogens is 380 g/mol. The number of hydrogen-bond donors (Lipinski definition) is 3. The number of H-pyrrole nitrogens is 1. The molecule has 1 aliphatic heterocycles. The number of carbonyl (C=O) groups excluding carboxylic acids is 1. The highest BCUT2D eigenvalue weighted by Gasteiger charge is 2.18. The zero-order chi connectivity index (χ0) is 21.1. The van der Waals surface area contributed by atoms with E-state index in [4.69, 9.17) is 9.97 Å². The number of carbonyl (C=O) groups is 1. The van der Waals surface area contributed by atoms with Crippen LogP contribution in [0.15, 0.2) is 36.4 Å². The molecule has 1 amide bonds. The topological polar surface area (TPSA) is 102 Å². The van der Waals surface area contributed by atoms with Gasteiger partial charge in [-0.05, 0) is 26.1 Å². The van der Waals surface area contributed by atoms with Gasteiger partial charge in [-0.2, -0.15) is 5.10 Å². The van der Waals surface area contributed by atoms with E-state index in [0.717, 1.165) is 43.3 Å². The summed E-state index contributed by atoms with van der Waals surface area (Å²) in [7, 11) is 2.13. The van der Waals surface area contributed by atoms with Crippen molar-refractivity contribution in [2.75, 3.05) is 48.8 Å². The second-order valence-corrected chi connectivity index (χ2v) is 7.55. The van der Waals surface area contributed by atoms with Crippen LogP contribution in [0, 0.1) is 6.92 Å². The minimum Gasteiger partial charge on any atom is -0.354 e. The van der Waals surface area contributed by atoms with Crippen LogP contribution in [-0.4, -0.2) is 64.2 Å². The molecule has 156 valence electrons. The summed E-state index contributed by atoms with van der Waals surface area (Å²) in [4.78, 5) is 25.6. The highest BCUT2D eigenvalue weighted by Crippen LogP contribution is 2.26. The third-order valence-corrected chi connectivity index (χ3v) is 4.94. The SMILES string of the molecule is CC(=O)Nc1cccc(-c2nc(Nc3cc(C)[nH]n3)cc(N3CCN(C)CC3)n2)c1. The summed E-state index contributed by atoms with van der Waals surface area (Å²) in [6.07, 6.45) is 0. The molecule has 0 radical (unpaired) electrons. The summed E-state index contributed by atoms with van der Waals surface area (Å²) in [5, 5.41) is 13.3. The van der Waals surface area contributed by atoms with Crippen molar-refractivity contribution in [3.05, 3.63) is 42.1 Å². The lowest BCUT2D eigenvalue weighted by atomic mass is 10.2. The molecule has 1 aliphatic rings. The van der Waals surface area contributed by atoms with Gasteiger partial charge in [0.05, 0.1) is 0 Å². The molecule has 1 fully saturated rings. The van der Waals surface area contributed by atoms with Crippen LogP contribution >= 0.6 is 0 Å². The number of anilines is 4. The van der Waals surface area contributed by atoms with Crippen LogP contribution in [0.5, 0.6) is 0 Å². The van der Waals surface area contributed by atoms with Gasteiger partial charge in [-0.25, -0.2) is 9.97 Å². The minimum absolute atomic E-state index is 0.115. The van der Waals surface area contributed by atoms with Crippen molar-refractivity contribution in [3.8, 4) is 11.4 Å². The summed E-state index contributed by atoms with van der Waals surface area (Å²) >= 11 is 0. The number of hydrogen-bond acceptors (Lipinski definition) is 7. The number of rotatable bonds is 5. The minimum atomic E-state index is -0.115. The Balaban J connectivity index is 1.70. The van der Waals surface area contributed by atoms with E-state index in [1.807, 2.05) is 43.3 Å². The lowest BCUT2D eigenvalue weighted by Gasteiger charge is -2.33. The number of amides is 1. The molecule has 9 nitrogen and oxygen atoms in total. The standard InChI is InChI=1S/C21H26N8O/c1-14-11-19(27-26-14)23-18-13-20(29-9-7-28(3)8-10-29)25-21(24-18)16-5-4-6-17(12-16)22-15(2)30/h4-6,11-13H,7-10H2,1-3H3,(H,22,30)(H2,23,24,25,26,27). The predicted molar refractivity (Wildman–Crippen MR) is 118 cm³/mol. The molecule has 30 heavy (non-hydrogen) atoms. The Labute approximate surface area is 175 Å². The van der Waals surface area contributed by atoms with Crippen molar-refractivity contribution in [2.45, 2.75) is 13.8 Å². The molecule has 0 unspecified atom stereocenters. The monoisotopic (exact) mass is 406 g/mol. The second kappa shape index (κ2) is 8.50. The molecule has 4 rings (SSSR count). The summed E-state index contributed by atoms with van der Waals surface area (Å²) in [6.45, 7) is 7.22. The average Bonchev–Trinajstić information content (AvgIpc) is 3.12. The predicted octanol–water partition coefficient (Wildman–Crippen LogP) is 2.63. The third kappa shape index (κ3) is 4.74. The summed E-state index contributed by atoms with van der Waals surface area (Å²) in [5.74, 6) is 2.72. The molecule has 0 bridgehead atoms. The Hall–Kier alpha value is -3.46. The van der Waals surface area contributed by atoms with E-state index in [0.29, 0.717) is 23.1 Å².